The Labute approximate surface area is 183 Å². The zero-order chi connectivity index (χ0) is 22.0. The molecule has 0 bridgehead atoms. The summed E-state index contributed by atoms with van der Waals surface area (Å²) in [6.45, 7) is 5.82. The van der Waals surface area contributed by atoms with Gasteiger partial charge in [0.25, 0.3) is 5.91 Å². The Hall–Kier alpha value is -2.77. The molecule has 7 nitrogen and oxygen atoms in total. The first-order valence-corrected chi connectivity index (χ1v) is 10.7. The van der Waals surface area contributed by atoms with Crippen molar-refractivity contribution in [3.05, 3.63) is 65.5 Å². The van der Waals surface area contributed by atoms with Crippen LogP contribution < -0.4 is 0 Å². The maximum absolute atomic E-state index is 14.0. The number of carbonyl (C=O) groups excluding carboxylic acids is 2. The van der Waals surface area contributed by atoms with E-state index < -0.39 is 12.0 Å². The van der Waals surface area contributed by atoms with Crippen LogP contribution in [0.3, 0.4) is 0 Å². The lowest BCUT2D eigenvalue weighted by atomic mass is 9.79. The Balaban J connectivity index is 1.82. The van der Waals surface area contributed by atoms with E-state index >= 15 is 0 Å². The number of amides is 2. The zero-order valence-corrected chi connectivity index (χ0v) is 18.2. The molecule has 4 atom stereocenters. The van der Waals surface area contributed by atoms with Crippen LogP contribution in [-0.4, -0.2) is 72.2 Å². The summed E-state index contributed by atoms with van der Waals surface area (Å²) in [6.07, 6.45) is 3.38. The topological polar surface area (TPSA) is 72.0 Å². The SMILES string of the molecule is COCCN1C(=O)c2ccccc2[C@H](C(=O)N2C[C@@H](C)O[C@@H](C)C2)[C@@H]1c1cccnc1. The van der Waals surface area contributed by atoms with Crippen LogP contribution in [0.25, 0.3) is 0 Å². The molecule has 0 spiro atoms. The first kappa shape index (κ1) is 21.5. The minimum absolute atomic E-state index is 0.0122. The van der Waals surface area contributed by atoms with Crippen molar-refractivity contribution in [3.63, 3.8) is 0 Å². The van der Waals surface area contributed by atoms with Gasteiger partial charge in [0, 0.05) is 44.7 Å². The molecule has 0 aliphatic carbocycles. The van der Waals surface area contributed by atoms with Gasteiger partial charge in [-0.15, -0.1) is 0 Å². The van der Waals surface area contributed by atoms with Crippen LogP contribution in [0.4, 0.5) is 0 Å². The van der Waals surface area contributed by atoms with Gasteiger partial charge < -0.3 is 19.3 Å². The van der Waals surface area contributed by atoms with Gasteiger partial charge >= 0.3 is 0 Å². The summed E-state index contributed by atoms with van der Waals surface area (Å²) in [4.78, 5) is 35.4. The third-order valence-corrected chi connectivity index (χ3v) is 6.00. The van der Waals surface area contributed by atoms with Crippen LogP contribution in [0.15, 0.2) is 48.8 Å². The van der Waals surface area contributed by atoms with E-state index in [4.69, 9.17) is 9.47 Å². The minimum atomic E-state index is -0.521. The van der Waals surface area contributed by atoms with Crippen molar-refractivity contribution >= 4 is 11.8 Å². The molecule has 4 rings (SSSR count). The van der Waals surface area contributed by atoms with Gasteiger partial charge in [0.2, 0.25) is 5.91 Å². The number of benzene rings is 1. The molecule has 31 heavy (non-hydrogen) atoms. The Morgan fingerprint density at radius 2 is 1.90 bits per heavy atom. The van der Waals surface area contributed by atoms with Gasteiger partial charge in [-0.2, -0.15) is 0 Å². The molecule has 0 radical (unpaired) electrons. The van der Waals surface area contributed by atoms with E-state index in [2.05, 4.69) is 4.98 Å². The maximum Gasteiger partial charge on any atom is 0.254 e. The quantitative estimate of drug-likeness (QED) is 0.739. The van der Waals surface area contributed by atoms with E-state index in [0.29, 0.717) is 31.8 Å². The second-order valence-electron chi connectivity index (χ2n) is 8.29. The van der Waals surface area contributed by atoms with Crippen LogP contribution >= 0.6 is 0 Å². The van der Waals surface area contributed by atoms with Crippen LogP contribution in [0.2, 0.25) is 0 Å². The summed E-state index contributed by atoms with van der Waals surface area (Å²) in [5, 5.41) is 0. The van der Waals surface area contributed by atoms with Gasteiger partial charge in [-0.25, -0.2) is 0 Å². The molecule has 0 saturated carbocycles. The number of carbonyl (C=O) groups is 2. The third kappa shape index (κ3) is 4.20. The van der Waals surface area contributed by atoms with Gasteiger partial charge in [0.1, 0.15) is 0 Å². The van der Waals surface area contributed by atoms with Crippen molar-refractivity contribution in [2.45, 2.75) is 38.0 Å². The molecule has 1 fully saturated rings. The number of fused-ring (bicyclic) bond motifs is 1. The monoisotopic (exact) mass is 423 g/mol. The number of hydrogen-bond donors (Lipinski definition) is 0. The van der Waals surface area contributed by atoms with Crippen molar-refractivity contribution in [1.82, 2.24) is 14.8 Å². The Morgan fingerprint density at radius 3 is 2.58 bits per heavy atom. The normalized spacial score (nSPS) is 26.0. The molecule has 164 valence electrons. The second kappa shape index (κ2) is 9.16. The molecular formula is C24H29N3O4. The summed E-state index contributed by atoms with van der Waals surface area (Å²) >= 11 is 0. The molecule has 2 aliphatic heterocycles. The van der Waals surface area contributed by atoms with Crippen LogP contribution in [0, 0.1) is 0 Å². The van der Waals surface area contributed by atoms with Crippen molar-refractivity contribution in [2.24, 2.45) is 0 Å². The third-order valence-electron chi connectivity index (χ3n) is 6.00. The molecule has 1 aromatic carbocycles. The predicted octanol–water partition coefficient (Wildman–Crippen LogP) is 2.64. The van der Waals surface area contributed by atoms with Crippen molar-refractivity contribution in [3.8, 4) is 0 Å². The fraction of sp³-hybridized carbons (Fsp3) is 0.458. The van der Waals surface area contributed by atoms with Crippen LogP contribution in [-0.2, 0) is 14.3 Å². The lowest BCUT2D eigenvalue weighted by Crippen LogP contribution is -2.53. The molecule has 2 aliphatic rings. The molecule has 7 heteroatoms. The molecule has 0 N–H and O–H groups in total. The van der Waals surface area contributed by atoms with E-state index in [-0.39, 0.29) is 24.0 Å². The van der Waals surface area contributed by atoms with E-state index in [0.717, 1.165) is 11.1 Å². The first-order chi connectivity index (χ1) is 15.0. The van der Waals surface area contributed by atoms with Crippen LogP contribution in [0.1, 0.15) is 47.3 Å². The standard InChI is InChI=1S/C24H29N3O4/c1-16-14-26(15-17(2)31-16)24(29)21-19-8-4-5-9-20(19)23(28)27(11-12-30-3)22(21)18-7-6-10-25-13-18/h4-10,13,16-17,21-22H,11-12,14-15H2,1-3H3/t16-,17+,21-,22-/m0/s1. The number of methoxy groups -OCH3 is 1. The average molecular weight is 424 g/mol. The molecule has 1 aromatic heterocycles. The molecule has 0 unspecified atom stereocenters. The highest BCUT2D eigenvalue weighted by atomic mass is 16.5. The Bertz CT molecular complexity index is 925. The van der Waals surface area contributed by atoms with E-state index in [9.17, 15) is 9.59 Å². The number of ether oxygens (including phenoxy) is 2. The second-order valence-corrected chi connectivity index (χ2v) is 8.29. The minimum Gasteiger partial charge on any atom is -0.383 e. The Morgan fingerprint density at radius 1 is 1.16 bits per heavy atom. The summed E-state index contributed by atoms with van der Waals surface area (Å²) in [5.41, 5.74) is 2.19. The zero-order valence-electron chi connectivity index (χ0n) is 18.2. The molecule has 2 aromatic rings. The van der Waals surface area contributed by atoms with Gasteiger partial charge in [-0.05, 0) is 37.1 Å². The largest absolute Gasteiger partial charge is 0.383 e. The molecular weight excluding hydrogens is 394 g/mol. The first-order valence-electron chi connectivity index (χ1n) is 10.7. The highest BCUT2D eigenvalue weighted by Gasteiger charge is 2.46. The predicted molar refractivity (Wildman–Crippen MR) is 116 cm³/mol. The lowest BCUT2D eigenvalue weighted by molar-refractivity contribution is -0.146. The average Bonchev–Trinajstić information content (AvgIpc) is 2.78. The summed E-state index contributed by atoms with van der Waals surface area (Å²) in [6, 6.07) is 10.8. The number of hydrogen-bond acceptors (Lipinski definition) is 5. The summed E-state index contributed by atoms with van der Waals surface area (Å²) in [5.74, 6) is -0.597. The van der Waals surface area contributed by atoms with Gasteiger partial charge in [0.05, 0.1) is 30.8 Å². The van der Waals surface area contributed by atoms with Gasteiger partial charge in [-0.3, -0.25) is 14.6 Å². The number of rotatable bonds is 5. The lowest BCUT2D eigenvalue weighted by Gasteiger charge is -2.44. The van der Waals surface area contributed by atoms with E-state index in [1.807, 2.05) is 55.1 Å². The fourth-order valence-corrected chi connectivity index (χ4v) is 4.77. The smallest absolute Gasteiger partial charge is 0.254 e. The number of nitrogens with zero attached hydrogens (tertiary/aromatic N) is 3. The van der Waals surface area contributed by atoms with Crippen molar-refractivity contribution < 1.29 is 19.1 Å². The van der Waals surface area contributed by atoms with Crippen molar-refractivity contribution in [2.75, 3.05) is 33.4 Å². The fourth-order valence-electron chi connectivity index (χ4n) is 4.77. The van der Waals surface area contributed by atoms with Gasteiger partial charge in [0.15, 0.2) is 0 Å². The van der Waals surface area contributed by atoms with E-state index in [1.54, 1.807) is 24.4 Å². The van der Waals surface area contributed by atoms with Crippen molar-refractivity contribution in [1.29, 1.82) is 0 Å². The molecule has 3 heterocycles. The van der Waals surface area contributed by atoms with E-state index in [1.165, 1.54) is 0 Å². The van der Waals surface area contributed by atoms with Gasteiger partial charge in [-0.1, -0.05) is 24.3 Å². The van der Waals surface area contributed by atoms with Crippen LogP contribution in [0.5, 0.6) is 0 Å². The highest BCUT2D eigenvalue weighted by Crippen LogP contribution is 2.43. The maximum atomic E-state index is 14.0. The summed E-state index contributed by atoms with van der Waals surface area (Å²) < 4.78 is 11.1. The molecule has 1 saturated heterocycles. The Kier molecular flexibility index (Phi) is 6.34. The molecule has 2 amide bonds. The number of aromatic nitrogens is 1. The highest BCUT2D eigenvalue weighted by molar-refractivity contribution is 6.01. The number of morpholine rings is 1. The number of pyridine rings is 1. The summed E-state index contributed by atoms with van der Waals surface area (Å²) in [7, 11) is 1.61.